The molecule has 5 rings (SSSR count). The summed E-state index contributed by atoms with van der Waals surface area (Å²) < 4.78 is 15.6. The highest BCUT2D eigenvalue weighted by Gasteiger charge is 2.29. The summed E-state index contributed by atoms with van der Waals surface area (Å²) in [6, 6.07) is 27.4. The second kappa shape index (κ2) is 9.93. The maximum Gasteiger partial charge on any atom is 0.272 e. The van der Waals surface area contributed by atoms with Crippen LogP contribution in [0.15, 0.2) is 91.0 Å². The number of carbonyl (C=O) groups excluding carboxylic acids is 2. The highest BCUT2D eigenvalue weighted by Crippen LogP contribution is 2.21. The Morgan fingerprint density at radius 3 is 2.37 bits per heavy atom. The number of hydrogen-bond acceptors (Lipinski definition) is 3. The molecule has 0 aliphatic carbocycles. The minimum Gasteiger partial charge on any atom is -0.344 e. The Labute approximate surface area is 203 Å². The van der Waals surface area contributed by atoms with Crippen LogP contribution in [0.3, 0.4) is 0 Å². The predicted molar refractivity (Wildman–Crippen MR) is 130 cm³/mol. The average molecular weight is 469 g/mol. The number of aromatic nitrogens is 2. The van der Waals surface area contributed by atoms with E-state index in [0.717, 1.165) is 11.1 Å². The summed E-state index contributed by atoms with van der Waals surface area (Å²) in [6.45, 7) is 1.00. The zero-order valence-electron chi connectivity index (χ0n) is 19.1. The van der Waals surface area contributed by atoms with Crippen LogP contribution < -0.4 is 5.32 Å². The van der Waals surface area contributed by atoms with Crippen LogP contribution in [0, 0.1) is 5.82 Å². The van der Waals surface area contributed by atoms with Crippen LogP contribution in [0.2, 0.25) is 0 Å². The van der Waals surface area contributed by atoms with Gasteiger partial charge in [-0.2, -0.15) is 5.10 Å². The van der Waals surface area contributed by atoms with Crippen molar-refractivity contribution in [1.29, 1.82) is 0 Å². The van der Waals surface area contributed by atoms with Crippen molar-refractivity contribution < 1.29 is 14.0 Å². The Morgan fingerprint density at radius 2 is 1.63 bits per heavy atom. The topological polar surface area (TPSA) is 67.2 Å². The van der Waals surface area contributed by atoms with Gasteiger partial charge < -0.3 is 10.2 Å². The van der Waals surface area contributed by atoms with E-state index < -0.39 is 0 Å². The van der Waals surface area contributed by atoms with Gasteiger partial charge in [-0.25, -0.2) is 4.39 Å². The highest BCUT2D eigenvalue weighted by molar-refractivity contribution is 5.98. The van der Waals surface area contributed by atoms with E-state index in [1.807, 2.05) is 60.7 Å². The zero-order valence-corrected chi connectivity index (χ0v) is 19.1. The van der Waals surface area contributed by atoms with Crippen LogP contribution >= 0.6 is 0 Å². The summed E-state index contributed by atoms with van der Waals surface area (Å²) in [6.07, 6.45) is 0.625. The molecule has 176 valence electrons. The van der Waals surface area contributed by atoms with Gasteiger partial charge in [0.05, 0.1) is 12.6 Å². The summed E-state index contributed by atoms with van der Waals surface area (Å²) >= 11 is 0. The predicted octanol–water partition coefficient (Wildman–Crippen LogP) is 4.39. The van der Waals surface area contributed by atoms with Crippen molar-refractivity contribution in [2.24, 2.45) is 0 Å². The third kappa shape index (κ3) is 4.99. The molecule has 0 saturated heterocycles. The van der Waals surface area contributed by atoms with E-state index in [-0.39, 0.29) is 35.9 Å². The SMILES string of the molecule is O=C(N[C@H](Cc1ccccc1)c1ccccc1)c1cc2n(n1)CCN(Cc1ccccc1F)C2=O. The summed E-state index contributed by atoms with van der Waals surface area (Å²) in [5.41, 5.74) is 3.07. The van der Waals surface area contributed by atoms with E-state index in [2.05, 4.69) is 10.4 Å². The lowest BCUT2D eigenvalue weighted by Gasteiger charge is -2.27. The smallest absolute Gasteiger partial charge is 0.272 e. The van der Waals surface area contributed by atoms with Crippen molar-refractivity contribution >= 4 is 11.8 Å². The standard InChI is InChI=1S/C28H25FN4O2/c29-23-14-8-7-13-22(23)19-32-15-16-33-26(28(32)35)18-25(31-33)27(34)30-24(21-11-5-2-6-12-21)17-20-9-3-1-4-10-20/h1-14,18,24H,15-17,19H2,(H,30,34)/t24-/m1/s1. The Balaban J connectivity index is 1.34. The molecule has 2 amide bonds. The fraction of sp³-hybridized carbons (Fsp3) is 0.179. The molecule has 2 heterocycles. The molecule has 1 aliphatic heterocycles. The molecular formula is C28H25FN4O2. The van der Waals surface area contributed by atoms with Crippen molar-refractivity contribution in [3.05, 3.63) is 125 Å². The van der Waals surface area contributed by atoms with Crippen LogP contribution in [0.4, 0.5) is 4.39 Å². The molecule has 3 aromatic carbocycles. The van der Waals surface area contributed by atoms with E-state index in [4.69, 9.17) is 0 Å². The molecule has 0 spiro atoms. The molecule has 0 saturated carbocycles. The fourth-order valence-electron chi connectivity index (χ4n) is 4.35. The first kappa shape index (κ1) is 22.5. The summed E-state index contributed by atoms with van der Waals surface area (Å²) in [4.78, 5) is 27.8. The van der Waals surface area contributed by atoms with Gasteiger partial charge in [0, 0.05) is 24.7 Å². The molecule has 1 aliphatic rings. The third-order valence-electron chi connectivity index (χ3n) is 6.21. The first-order valence-electron chi connectivity index (χ1n) is 11.6. The normalized spacial score (nSPS) is 13.9. The van der Waals surface area contributed by atoms with Gasteiger partial charge in [-0.1, -0.05) is 78.9 Å². The number of rotatable bonds is 7. The Morgan fingerprint density at radius 1 is 0.943 bits per heavy atom. The number of carbonyl (C=O) groups is 2. The van der Waals surface area contributed by atoms with Gasteiger partial charge in [0.25, 0.3) is 11.8 Å². The minimum absolute atomic E-state index is 0.172. The second-order valence-corrected chi connectivity index (χ2v) is 8.58. The summed E-state index contributed by atoms with van der Waals surface area (Å²) in [5.74, 6) is -0.954. The van der Waals surface area contributed by atoms with Crippen molar-refractivity contribution in [1.82, 2.24) is 20.0 Å². The monoisotopic (exact) mass is 468 g/mol. The second-order valence-electron chi connectivity index (χ2n) is 8.58. The van der Waals surface area contributed by atoms with Crippen LogP contribution in [0.1, 0.15) is 43.7 Å². The maximum atomic E-state index is 14.1. The molecule has 1 N–H and O–H groups in total. The van der Waals surface area contributed by atoms with Gasteiger partial charge in [0.2, 0.25) is 0 Å². The van der Waals surface area contributed by atoms with Crippen LogP contribution in [0.5, 0.6) is 0 Å². The van der Waals surface area contributed by atoms with Gasteiger partial charge in [0.15, 0.2) is 5.69 Å². The van der Waals surface area contributed by atoms with Crippen LogP contribution in [-0.4, -0.2) is 33.0 Å². The molecule has 6 nitrogen and oxygen atoms in total. The number of amides is 2. The molecule has 1 atom stereocenters. The van der Waals surface area contributed by atoms with Crippen molar-refractivity contribution in [3.8, 4) is 0 Å². The number of fused-ring (bicyclic) bond motifs is 1. The van der Waals surface area contributed by atoms with E-state index in [1.165, 1.54) is 12.1 Å². The van der Waals surface area contributed by atoms with Crippen LogP contribution in [-0.2, 0) is 19.5 Å². The number of nitrogens with one attached hydrogen (secondary N) is 1. The number of nitrogens with zero attached hydrogens (tertiary/aromatic N) is 3. The summed E-state index contributed by atoms with van der Waals surface area (Å²) in [7, 11) is 0. The molecule has 1 aromatic heterocycles. The number of benzene rings is 3. The first-order chi connectivity index (χ1) is 17.1. The van der Waals surface area contributed by atoms with Gasteiger partial charge in [-0.15, -0.1) is 0 Å². The maximum absolute atomic E-state index is 14.1. The van der Waals surface area contributed by atoms with Crippen LogP contribution in [0.25, 0.3) is 0 Å². The lowest BCUT2D eigenvalue weighted by molar-refractivity contribution is 0.0681. The van der Waals surface area contributed by atoms with Crippen molar-refractivity contribution in [3.63, 3.8) is 0 Å². The lowest BCUT2D eigenvalue weighted by atomic mass is 9.98. The van der Waals surface area contributed by atoms with Crippen molar-refractivity contribution in [2.75, 3.05) is 6.54 Å². The van der Waals surface area contributed by atoms with Gasteiger partial charge >= 0.3 is 0 Å². The molecule has 4 aromatic rings. The van der Waals surface area contributed by atoms with E-state index in [1.54, 1.807) is 27.8 Å². The van der Waals surface area contributed by atoms with E-state index in [0.29, 0.717) is 30.8 Å². The quantitative estimate of drug-likeness (QED) is 0.437. The fourth-order valence-corrected chi connectivity index (χ4v) is 4.35. The Kier molecular flexibility index (Phi) is 6.39. The number of hydrogen-bond donors (Lipinski definition) is 1. The minimum atomic E-state index is -0.343. The number of halogens is 1. The molecule has 7 heteroatoms. The first-order valence-corrected chi connectivity index (χ1v) is 11.6. The highest BCUT2D eigenvalue weighted by atomic mass is 19.1. The van der Waals surface area contributed by atoms with Crippen molar-refractivity contribution in [2.45, 2.75) is 25.6 Å². The summed E-state index contributed by atoms with van der Waals surface area (Å²) in [5, 5.41) is 7.49. The van der Waals surface area contributed by atoms with E-state index in [9.17, 15) is 14.0 Å². The van der Waals surface area contributed by atoms with Gasteiger partial charge in [0.1, 0.15) is 11.5 Å². The molecule has 0 unspecified atom stereocenters. The molecule has 0 bridgehead atoms. The molecule has 0 fully saturated rings. The third-order valence-corrected chi connectivity index (χ3v) is 6.21. The average Bonchev–Trinajstić information content (AvgIpc) is 3.33. The largest absolute Gasteiger partial charge is 0.344 e. The Bertz CT molecular complexity index is 1340. The van der Waals surface area contributed by atoms with Gasteiger partial charge in [-0.3, -0.25) is 14.3 Å². The lowest BCUT2D eigenvalue weighted by Crippen LogP contribution is -2.40. The van der Waals surface area contributed by atoms with E-state index >= 15 is 0 Å². The molecular weight excluding hydrogens is 443 g/mol. The van der Waals surface area contributed by atoms with Gasteiger partial charge in [-0.05, 0) is 23.6 Å². The Hall–Kier alpha value is -4.26. The molecule has 35 heavy (non-hydrogen) atoms. The zero-order chi connectivity index (χ0) is 24.2. The molecule has 0 radical (unpaired) electrons.